The number of aromatic nitrogens is 2. The van der Waals surface area contributed by atoms with E-state index in [1.54, 1.807) is 13.1 Å². The third kappa shape index (κ3) is 7.35. The Bertz CT molecular complexity index is 678. The minimum absolute atomic E-state index is 0.229. The van der Waals surface area contributed by atoms with Gasteiger partial charge in [0.2, 0.25) is 17.7 Å². The largest absolute Gasteiger partial charge is 0.480 e. The summed E-state index contributed by atoms with van der Waals surface area (Å²) in [5.74, 6) is -3.11. The summed E-state index contributed by atoms with van der Waals surface area (Å²) in [5.41, 5.74) is 6.52. The summed E-state index contributed by atoms with van der Waals surface area (Å²) in [6, 6.07) is -2.73. The zero-order valence-corrected chi connectivity index (χ0v) is 16.2. The van der Waals surface area contributed by atoms with E-state index in [0.717, 1.165) is 0 Å². The first kappa shape index (κ1) is 23.1. The average molecular weight is 396 g/mol. The van der Waals surface area contributed by atoms with Crippen LogP contribution in [0, 0.1) is 5.92 Å². The molecule has 1 aromatic heterocycles. The normalized spacial score (nSPS) is 15.0. The molecular weight excluding hydrogens is 368 g/mol. The minimum atomic E-state index is -1.19. The maximum absolute atomic E-state index is 12.4. The predicted octanol–water partition coefficient (Wildman–Crippen LogP) is -1.48. The van der Waals surface area contributed by atoms with Crippen LogP contribution in [0.4, 0.5) is 0 Å². The Balaban J connectivity index is 2.63. The van der Waals surface area contributed by atoms with Crippen LogP contribution in [0.3, 0.4) is 0 Å². The van der Waals surface area contributed by atoms with Gasteiger partial charge in [-0.15, -0.1) is 0 Å². The molecule has 0 spiro atoms. The van der Waals surface area contributed by atoms with Crippen LogP contribution in [-0.2, 0) is 25.6 Å². The number of carboxylic acid groups (broad SMARTS) is 1. The highest BCUT2D eigenvalue weighted by Gasteiger charge is 2.29. The van der Waals surface area contributed by atoms with Crippen molar-refractivity contribution in [1.82, 2.24) is 25.9 Å². The molecule has 0 radical (unpaired) electrons. The molecule has 1 rings (SSSR count). The third-order valence-corrected chi connectivity index (χ3v) is 4.29. The van der Waals surface area contributed by atoms with Crippen LogP contribution < -0.4 is 21.7 Å². The molecule has 7 N–H and O–H groups in total. The van der Waals surface area contributed by atoms with E-state index >= 15 is 0 Å². The molecule has 0 aliphatic heterocycles. The average Bonchev–Trinajstić information content (AvgIpc) is 3.15. The minimum Gasteiger partial charge on any atom is -0.480 e. The van der Waals surface area contributed by atoms with Crippen molar-refractivity contribution >= 4 is 23.7 Å². The first-order chi connectivity index (χ1) is 13.1. The molecule has 1 heterocycles. The third-order valence-electron chi connectivity index (χ3n) is 4.29. The molecule has 11 heteroatoms. The number of nitrogens with one attached hydrogen (secondary N) is 4. The lowest BCUT2D eigenvalue weighted by Gasteiger charge is -2.25. The van der Waals surface area contributed by atoms with Crippen LogP contribution >= 0.6 is 0 Å². The number of aliphatic carboxylic acids is 1. The second-order valence-electron chi connectivity index (χ2n) is 6.60. The molecule has 0 aromatic carbocycles. The Kier molecular flexibility index (Phi) is 9.09. The van der Waals surface area contributed by atoms with Crippen LogP contribution in [-0.4, -0.2) is 63.4 Å². The standard InChI is InChI=1S/C17H28N6O5/c1-4-9(2)14(17(28)20-7-13(24)25)23-15(26)10(3)22-16(27)12(18)5-11-6-19-8-21-11/h6,8-10,12,14H,4-5,7,18H2,1-3H3,(H,19,21)(H,20,28)(H,22,27)(H,23,26)(H,24,25). The van der Waals surface area contributed by atoms with Crippen molar-refractivity contribution in [3.05, 3.63) is 18.2 Å². The van der Waals surface area contributed by atoms with E-state index in [1.807, 2.05) is 6.92 Å². The highest BCUT2D eigenvalue weighted by molar-refractivity contribution is 5.93. The van der Waals surface area contributed by atoms with Gasteiger partial charge in [0, 0.05) is 18.3 Å². The van der Waals surface area contributed by atoms with Gasteiger partial charge in [0.25, 0.3) is 0 Å². The van der Waals surface area contributed by atoms with Crippen LogP contribution in [0.2, 0.25) is 0 Å². The second-order valence-corrected chi connectivity index (χ2v) is 6.60. The maximum atomic E-state index is 12.4. The maximum Gasteiger partial charge on any atom is 0.322 e. The Morgan fingerprint density at radius 2 is 1.86 bits per heavy atom. The van der Waals surface area contributed by atoms with E-state index in [2.05, 4.69) is 25.9 Å². The van der Waals surface area contributed by atoms with Crippen molar-refractivity contribution in [1.29, 1.82) is 0 Å². The van der Waals surface area contributed by atoms with E-state index in [9.17, 15) is 19.2 Å². The summed E-state index contributed by atoms with van der Waals surface area (Å²) < 4.78 is 0. The van der Waals surface area contributed by atoms with Gasteiger partial charge in [-0.25, -0.2) is 4.98 Å². The monoisotopic (exact) mass is 396 g/mol. The van der Waals surface area contributed by atoms with Crippen molar-refractivity contribution in [3.8, 4) is 0 Å². The van der Waals surface area contributed by atoms with Crippen molar-refractivity contribution in [2.24, 2.45) is 11.7 Å². The number of carbonyl (C=O) groups is 4. The number of hydrogen-bond acceptors (Lipinski definition) is 6. The van der Waals surface area contributed by atoms with Gasteiger partial charge in [-0.3, -0.25) is 19.2 Å². The molecule has 3 amide bonds. The summed E-state index contributed by atoms with van der Waals surface area (Å²) >= 11 is 0. The number of nitrogens with two attached hydrogens (primary N) is 1. The number of carboxylic acids is 1. The second kappa shape index (κ2) is 11.0. The highest BCUT2D eigenvalue weighted by atomic mass is 16.4. The summed E-state index contributed by atoms with van der Waals surface area (Å²) in [5, 5.41) is 16.0. The van der Waals surface area contributed by atoms with Crippen molar-refractivity contribution in [3.63, 3.8) is 0 Å². The van der Waals surface area contributed by atoms with E-state index in [-0.39, 0.29) is 12.3 Å². The number of nitrogens with zero attached hydrogens (tertiary/aromatic N) is 1. The quantitative estimate of drug-likeness (QED) is 0.264. The summed E-state index contributed by atoms with van der Waals surface area (Å²) in [6.07, 6.45) is 3.84. The molecule has 0 bridgehead atoms. The molecule has 0 saturated carbocycles. The molecular formula is C17H28N6O5. The topological polar surface area (TPSA) is 179 Å². The van der Waals surface area contributed by atoms with Gasteiger partial charge in [0.05, 0.1) is 12.4 Å². The van der Waals surface area contributed by atoms with Gasteiger partial charge in [-0.1, -0.05) is 20.3 Å². The van der Waals surface area contributed by atoms with Gasteiger partial charge in [0.1, 0.15) is 18.6 Å². The fourth-order valence-corrected chi connectivity index (χ4v) is 2.36. The van der Waals surface area contributed by atoms with Gasteiger partial charge >= 0.3 is 5.97 Å². The summed E-state index contributed by atoms with van der Waals surface area (Å²) in [6.45, 7) is 4.53. The SMILES string of the molecule is CCC(C)C(NC(=O)C(C)NC(=O)C(N)Cc1cnc[nH]1)C(=O)NCC(=O)O. The molecule has 1 aromatic rings. The van der Waals surface area contributed by atoms with Crippen molar-refractivity contribution < 1.29 is 24.3 Å². The molecule has 4 unspecified atom stereocenters. The van der Waals surface area contributed by atoms with E-state index in [1.165, 1.54) is 13.3 Å². The fourth-order valence-electron chi connectivity index (χ4n) is 2.36. The van der Waals surface area contributed by atoms with Crippen LogP contribution in [0.25, 0.3) is 0 Å². The molecule has 28 heavy (non-hydrogen) atoms. The van der Waals surface area contributed by atoms with E-state index in [4.69, 9.17) is 10.8 Å². The van der Waals surface area contributed by atoms with Crippen LogP contribution in [0.15, 0.2) is 12.5 Å². The lowest BCUT2D eigenvalue weighted by atomic mass is 9.98. The molecule has 4 atom stereocenters. The highest BCUT2D eigenvalue weighted by Crippen LogP contribution is 2.08. The molecule has 0 aliphatic rings. The number of hydrogen-bond donors (Lipinski definition) is 6. The Hall–Kier alpha value is -2.95. The van der Waals surface area contributed by atoms with Gasteiger partial charge in [-0.05, 0) is 12.8 Å². The zero-order valence-electron chi connectivity index (χ0n) is 16.2. The molecule has 0 fully saturated rings. The lowest BCUT2D eigenvalue weighted by molar-refractivity contribution is -0.139. The molecule has 156 valence electrons. The Labute approximate surface area is 162 Å². The number of H-pyrrole nitrogens is 1. The molecule has 0 aliphatic carbocycles. The number of aromatic amines is 1. The summed E-state index contributed by atoms with van der Waals surface area (Å²) in [7, 11) is 0. The molecule has 11 nitrogen and oxygen atoms in total. The first-order valence-corrected chi connectivity index (χ1v) is 8.98. The number of imidazole rings is 1. The zero-order chi connectivity index (χ0) is 21.3. The smallest absolute Gasteiger partial charge is 0.322 e. The van der Waals surface area contributed by atoms with Crippen LogP contribution in [0.1, 0.15) is 32.9 Å². The van der Waals surface area contributed by atoms with E-state index < -0.39 is 48.4 Å². The van der Waals surface area contributed by atoms with Gasteiger partial charge in [0.15, 0.2) is 0 Å². The Morgan fingerprint density at radius 3 is 2.39 bits per heavy atom. The number of rotatable bonds is 11. The van der Waals surface area contributed by atoms with E-state index in [0.29, 0.717) is 12.1 Å². The number of carbonyl (C=O) groups excluding carboxylic acids is 3. The van der Waals surface area contributed by atoms with Crippen LogP contribution in [0.5, 0.6) is 0 Å². The summed E-state index contributed by atoms with van der Waals surface area (Å²) in [4.78, 5) is 54.1. The fraction of sp³-hybridized carbons (Fsp3) is 0.588. The first-order valence-electron chi connectivity index (χ1n) is 8.98. The van der Waals surface area contributed by atoms with Gasteiger partial charge < -0.3 is 31.8 Å². The Morgan fingerprint density at radius 1 is 1.18 bits per heavy atom. The predicted molar refractivity (Wildman–Crippen MR) is 99.9 cm³/mol. The van der Waals surface area contributed by atoms with Crippen molar-refractivity contribution in [2.45, 2.75) is 51.7 Å². The lowest BCUT2D eigenvalue weighted by Crippen LogP contribution is -2.56. The van der Waals surface area contributed by atoms with Gasteiger partial charge in [-0.2, -0.15) is 0 Å². The van der Waals surface area contributed by atoms with Crippen molar-refractivity contribution in [2.75, 3.05) is 6.54 Å². The number of amides is 3. The molecule has 0 saturated heterocycles.